The summed E-state index contributed by atoms with van der Waals surface area (Å²) in [6, 6.07) is 13.4. The zero-order chi connectivity index (χ0) is 24.1. The fourth-order valence-corrected chi connectivity index (χ4v) is 3.12. The zero-order valence-corrected chi connectivity index (χ0v) is 18.6. The molecule has 0 radical (unpaired) electrons. The van der Waals surface area contributed by atoms with Crippen molar-refractivity contribution in [1.29, 1.82) is 5.26 Å². The van der Waals surface area contributed by atoms with Crippen molar-refractivity contribution in [1.82, 2.24) is 0 Å². The number of unbranched alkanes of at least 4 members (excludes halogenated alkanes) is 3. The maximum atomic E-state index is 11.0. The number of hydrogen-bond donors (Lipinski definition) is 0. The van der Waals surface area contributed by atoms with Gasteiger partial charge in [0.1, 0.15) is 11.8 Å². The van der Waals surface area contributed by atoms with Gasteiger partial charge in [0.15, 0.2) is 0 Å². The predicted octanol–water partition coefficient (Wildman–Crippen LogP) is 6.00. The lowest BCUT2D eigenvalue weighted by Crippen LogP contribution is -2.23. The van der Waals surface area contributed by atoms with E-state index >= 15 is 0 Å². The summed E-state index contributed by atoms with van der Waals surface area (Å²) in [6.07, 6.45) is 5.08. The second kappa shape index (κ2) is 13.4. The van der Waals surface area contributed by atoms with Crippen LogP contribution in [0.5, 0.6) is 0 Å². The van der Waals surface area contributed by atoms with E-state index in [-0.39, 0.29) is 22.9 Å². The zero-order valence-electron chi connectivity index (χ0n) is 18.6. The largest absolute Gasteiger partial charge is 0.463 e. The van der Waals surface area contributed by atoms with Crippen LogP contribution in [-0.2, 0) is 9.53 Å². The first-order valence-corrected chi connectivity index (χ1v) is 10.7. The molecular formula is C24H27N5O4. The number of nitrogens with zero attached hydrogens (tertiary/aromatic N) is 5. The number of rotatable bonds is 13. The van der Waals surface area contributed by atoms with Crippen LogP contribution < -0.4 is 4.90 Å². The summed E-state index contributed by atoms with van der Waals surface area (Å²) in [5.74, 6) is -0.381. The molecule has 0 atom stereocenters. The lowest BCUT2D eigenvalue weighted by molar-refractivity contribution is -0.384. The highest BCUT2D eigenvalue weighted by Gasteiger charge is 2.10. The van der Waals surface area contributed by atoms with Gasteiger partial charge >= 0.3 is 5.97 Å². The highest BCUT2D eigenvalue weighted by molar-refractivity contribution is 5.81. The van der Waals surface area contributed by atoms with Crippen molar-refractivity contribution in [2.24, 2.45) is 10.2 Å². The topological polar surface area (TPSA) is 121 Å². The number of carbonyl (C=O) groups is 1. The number of ether oxygens (including phenoxy) is 1. The number of benzene rings is 2. The van der Waals surface area contributed by atoms with E-state index in [1.54, 1.807) is 0 Å². The molecule has 0 amide bonds. The predicted molar refractivity (Wildman–Crippen MR) is 126 cm³/mol. The Morgan fingerprint density at radius 1 is 1.18 bits per heavy atom. The van der Waals surface area contributed by atoms with Gasteiger partial charge in [0.2, 0.25) is 0 Å². The Morgan fingerprint density at radius 2 is 1.91 bits per heavy atom. The molecular weight excluding hydrogens is 422 g/mol. The molecule has 0 aliphatic heterocycles. The van der Waals surface area contributed by atoms with E-state index < -0.39 is 4.92 Å². The number of nitriles is 1. The quantitative estimate of drug-likeness (QED) is 0.0923. The molecule has 0 fully saturated rings. The van der Waals surface area contributed by atoms with Gasteiger partial charge in [-0.05, 0) is 56.5 Å². The van der Waals surface area contributed by atoms with Crippen LogP contribution in [0.4, 0.5) is 22.7 Å². The Morgan fingerprint density at radius 3 is 2.55 bits per heavy atom. The maximum absolute atomic E-state index is 11.0. The van der Waals surface area contributed by atoms with Gasteiger partial charge in [0, 0.05) is 37.0 Å². The normalized spacial score (nSPS) is 10.5. The Labute approximate surface area is 193 Å². The summed E-state index contributed by atoms with van der Waals surface area (Å²) >= 11 is 0. The van der Waals surface area contributed by atoms with Crippen molar-refractivity contribution < 1.29 is 14.5 Å². The number of azo groups is 1. The molecule has 172 valence electrons. The number of anilines is 1. The van der Waals surface area contributed by atoms with Gasteiger partial charge in [-0.2, -0.15) is 10.4 Å². The lowest BCUT2D eigenvalue weighted by Gasteiger charge is -2.23. The molecule has 0 aliphatic carbocycles. The van der Waals surface area contributed by atoms with Crippen LogP contribution in [0.15, 0.2) is 65.3 Å². The summed E-state index contributed by atoms with van der Waals surface area (Å²) in [5.41, 5.74) is 1.91. The lowest BCUT2D eigenvalue weighted by atomic mass is 10.2. The van der Waals surface area contributed by atoms with Gasteiger partial charge in [0.25, 0.3) is 5.69 Å². The molecule has 0 spiro atoms. The van der Waals surface area contributed by atoms with E-state index in [0.29, 0.717) is 12.3 Å². The third kappa shape index (κ3) is 8.18. The molecule has 2 aromatic carbocycles. The summed E-state index contributed by atoms with van der Waals surface area (Å²) < 4.78 is 4.97. The number of esters is 1. The smallest absolute Gasteiger partial charge is 0.330 e. The van der Waals surface area contributed by atoms with Gasteiger partial charge in [0.05, 0.1) is 22.8 Å². The fourth-order valence-electron chi connectivity index (χ4n) is 3.12. The summed E-state index contributed by atoms with van der Waals surface area (Å²) in [4.78, 5) is 23.6. The molecule has 9 nitrogen and oxygen atoms in total. The second-order valence-corrected chi connectivity index (χ2v) is 7.15. The number of carbonyl (C=O) groups excluding carboxylic acids is 1. The first-order valence-electron chi connectivity index (χ1n) is 10.7. The average molecular weight is 450 g/mol. The van der Waals surface area contributed by atoms with Gasteiger partial charge < -0.3 is 9.64 Å². The molecule has 33 heavy (non-hydrogen) atoms. The van der Waals surface area contributed by atoms with Gasteiger partial charge in [-0.25, -0.2) is 4.79 Å². The molecule has 9 heteroatoms. The van der Waals surface area contributed by atoms with Crippen LogP contribution >= 0.6 is 0 Å². The van der Waals surface area contributed by atoms with Crippen LogP contribution in [0, 0.1) is 21.4 Å². The van der Waals surface area contributed by atoms with Crippen LogP contribution in [-0.4, -0.2) is 30.6 Å². The van der Waals surface area contributed by atoms with Crippen LogP contribution in [0.1, 0.15) is 38.2 Å². The molecule has 0 saturated carbocycles. The minimum absolute atomic E-state index is 0.0978. The Hall–Kier alpha value is -4.06. The third-order valence-corrected chi connectivity index (χ3v) is 4.91. The standard InChI is InChI=1S/C24H27N5O4/c1-3-24(30)33-16-8-6-5-7-15-28(4-2)21-11-9-20(10-12-21)26-27-23-14-13-22(29(31)32)17-19(23)18-25/h3,9-14,17H,1,4-8,15-16H2,2H3. The van der Waals surface area contributed by atoms with Crippen molar-refractivity contribution in [3.63, 3.8) is 0 Å². The molecule has 2 aromatic rings. The molecule has 0 aliphatic rings. The number of hydrogen-bond acceptors (Lipinski definition) is 8. The van der Waals surface area contributed by atoms with Gasteiger partial charge in [-0.15, -0.1) is 5.11 Å². The van der Waals surface area contributed by atoms with Crippen molar-refractivity contribution in [3.8, 4) is 6.07 Å². The molecule has 0 saturated heterocycles. The Balaban J connectivity index is 1.88. The van der Waals surface area contributed by atoms with Gasteiger partial charge in [-0.1, -0.05) is 13.0 Å². The molecule has 2 rings (SSSR count). The van der Waals surface area contributed by atoms with Crippen LogP contribution in [0.25, 0.3) is 0 Å². The molecule has 0 heterocycles. The minimum Gasteiger partial charge on any atom is -0.463 e. The van der Waals surface area contributed by atoms with E-state index in [4.69, 9.17) is 4.74 Å². The van der Waals surface area contributed by atoms with Crippen molar-refractivity contribution in [2.75, 3.05) is 24.6 Å². The maximum Gasteiger partial charge on any atom is 0.330 e. The van der Waals surface area contributed by atoms with Gasteiger partial charge in [-0.3, -0.25) is 10.1 Å². The monoisotopic (exact) mass is 449 g/mol. The van der Waals surface area contributed by atoms with Crippen LogP contribution in [0.3, 0.4) is 0 Å². The second-order valence-electron chi connectivity index (χ2n) is 7.15. The average Bonchev–Trinajstić information content (AvgIpc) is 2.84. The highest BCUT2D eigenvalue weighted by atomic mass is 16.6. The SMILES string of the molecule is C=CC(=O)OCCCCCCN(CC)c1ccc(N=Nc2ccc([N+](=O)[O-])cc2C#N)cc1. The summed E-state index contributed by atoms with van der Waals surface area (Å²) in [5, 5.41) is 28.3. The van der Waals surface area contributed by atoms with E-state index in [9.17, 15) is 20.2 Å². The number of nitro groups is 1. The van der Waals surface area contributed by atoms with E-state index in [1.807, 2.05) is 30.3 Å². The molecule has 0 aromatic heterocycles. The minimum atomic E-state index is -0.555. The third-order valence-electron chi connectivity index (χ3n) is 4.91. The Kier molecular flexibility index (Phi) is 10.2. The number of nitro benzene ring substituents is 1. The molecule has 0 N–H and O–H groups in total. The van der Waals surface area contributed by atoms with Crippen LogP contribution in [0.2, 0.25) is 0 Å². The summed E-state index contributed by atoms with van der Waals surface area (Å²) in [7, 11) is 0. The fraction of sp³-hybridized carbons (Fsp3) is 0.333. The van der Waals surface area contributed by atoms with E-state index in [1.165, 1.54) is 24.3 Å². The Bertz CT molecular complexity index is 1030. The first-order chi connectivity index (χ1) is 16.0. The molecule has 0 bridgehead atoms. The summed E-state index contributed by atoms with van der Waals surface area (Å²) in [6.45, 7) is 7.67. The number of non-ortho nitro benzene ring substituents is 1. The highest BCUT2D eigenvalue weighted by Crippen LogP contribution is 2.27. The van der Waals surface area contributed by atoms with E-state index in [0.717, 1.165) is 44.5 Å². The van der Waals surface area contributed by atoms with Crippen molar-refractivity contribution in [2.45, 2.75) is 32.6 Å². The van der Waals surface area contributed by atoms with E-state index in [2.05, 4.69) is 28.6 Å². The molecule has 0 unspecified atom stereocenters. The van der Waals surface area contributed by atoms with Crippen molar-refractivity contribution in [3.05, 3.63) is 70.8 Å². The first kappa shape index (κ1) is 25.2. The van der Waals surface area contributed by atoms with Crippen molar-refractivity contribution >= 4 is 28.7 Å².